The Morgan fingerprint density at radius 1 is 1.03 bits per heavy atom. The number of fused-ring (bicyclic) bond motifs is 1. The molecule has 9 nitrogen and oxygen atoms in total. The molecule has 0 saturated carbocycles. The number of nitrogens with zero attached hydrogens (tertiary/aromatic N) is 1. The number of carbonyl (C=O) groups excluding carboxylic acids is 3. The van der Waals surface area contributed by atoms with Crippen LogP contribution in [0.3, 0.4) is 0 Å². The molecule has 0 aromatic heterocycles. The highest BCUT2D eigenvalue weighted by Gasteiger charge is 2.43. The Morgan fingerprint density at radius 2 is 1.78 bits per heavy atom. The van der Waals surface area contributed by atoms with Gasteiger partial charge >= 0.3 is 0 Å². The highest BCUT2D eigenvalue weighted by Crippen LogP contribution is 2.27. The first-order valence-electron chi connectivity index (χ1n) is 12.5. The summed E-state index contributed by atoms with van der Waals surface area (Å²) in [7, 11) is 0. The zero-order chi connectivity index (χ0) is 25.4. The lowest BCUT2D eigenvalue weighted by Gasteiger charge is -2.41. The Labute approximate surface area is 211 Å². The molecule has 3 N–H and O–H groups in total. The van der Waals surface area contributed by atoms with Crippen LogP contribution in [0.2, 0.25) is 0 Å². The summed E-state index contributed by atoms with van der Waals surface area (Å²) < 4.78 is 12.0. The van der Waals surface area contributed by atoms with Gasteiger partial charge in [0.1, 0.15) is 12.4 Å². The lowest BCUT2D eigenvalue weighted by Crippen LogP contribution is -2.61. The fourth-order valence-electron chi connectivity index (χ4n) is 4.70. The summed E-state index contributed by atoms with van der Waals surface area (Å²) >= 11 is 0. The molecule has 0 radical (unpaired) electrons. The third-order valence-corrected chi connectivity index (χ3v) is 6.43. The van der Waals surface area contributed by atoms with Crippen LogP contribution in [0.1, 0.15) is 31.7 Å². The smallest absolute Gasteiger partial charge is 0.253 e. The van der Waals surface area contributed by atoms with Crippen molar-refractivity contribution < 1.29 is 23.9 Å². The minimum atomic E-state index is -0.989. The van der Waals surface area contributed by atoms with Crippen LogP contribution in [-0.4, -0.2) is 67.6 Å². The summed E-state index contributed by atoms with van der Waals surface area (Å²) in [5.41, 5.74) is 1.49. The van der Waals surface area contributed by atoms with Crippen molar-refractivity contribution in [2.24, 2.45) is 0 Å². The van der Waals surface area contributed by atoms with E-state index in [9.17, 15) is 14.4 Å². The number of benzene rings is 2. The molecule has 1 saturated heterocycles. The van der Waals surface area contributed by atoms with Gasteiger partial charge in [0, 0.05) is 31.4 Å². The van der Waals surface area contributed by atoms with E-state index < -0.39 is 5.60 Å². The summed E-state index contributed by atoms with van der Waals surface area (Å²) in [5, 5.41) is 8.56. The second kappa shape index (κ2) is 12.0. The van der Waals surface area contributed by atoms with Gasteiger partial charge in [-0.15, -0.1) is 0 Å². The lowest BCUT2D eigenvalue weighted by atomic mass is 9.91. The average molecular weight is 495 g/mol. The molecule has 4 rings (SSSR count). The predicted octanol–water partition coefficient (Wildman–Crippen LogP) is 2.58. The van der Waals surface area contributed by atoms with Crippen molar-refractivity contribution in [3.63, 3.8) is 0 Å². The molecule has 2 aromatic rings. The number of carbonyl (C=O) groups is 3. The van der Waals surface area contributed by atoms with Crippen LogP contribution >= 0.6 is 0 Å². The zero-order valence-electron chi connectivity index (χ0n) is 20.7. The Kier molecular flexibility index (Phi) is 8.56. The van der Waals surface area contributed by atoms with E-state index in [0.29, 0.717) is 50.6 Å². The van der Waals surface area contributed by atoms with Crippen molar-refractivity contribution in [2.75, 3.05) is 50.0 Å². The molecular formula is C27H34N4O5. The fourth-order valence-corrected chi connectivity index (χ4v) is 4.70. The number of hydrogen-bond donors (Lipinski definition) is 3. The average Bonchev–Trinajstić information content (AvgIpc) is 2.85. The van der Waals surface area contributed by atoms with Crippen LogP contribution in [0.25, 0.3) is 0 Å². The number of aryl methyl sites for hydroxylation is 1. The number of amides is 3. The van der Waals surface area contributed by atoms with Gasteiger partial charge in [-0.05, 0) is 61.6 Å². The number of para-hydroxylation sites is 1. The first kappa shape index (κ1) is 25.7. The third-order valence-electron chi connectivity index (χ3n) is 6.43. The number of anilines is 2. The molecule has 1 atom stereocenters. The Morgan fingerprint density at radius 3 is 2.56 bits per heavy atom. The molecule has 0 aliphatic carbocycles. The molecular weight excluding hydrogens is 460 g/mol. The van der Waals surface area contributed by atoms with Gasteiger partial charge in [-0.1, -0.05) is 18.2 Å². The normalized spacial score (nSPS) is 21.2. The standard InChI is InChI=1S/C27H34N4O5/c1-20(32)29-22-9-11-23(12-10-22)30-25(33)18-31-15-17-36-27(19-31)13-5-4-7-21-6-2-3-8-24(21)35-16-14-28-26(27)34/h2-3,6,8-12H,4-5,7,13-19H2,1H3,(H,28,34)(H,29,32)(H,30,33). The molecule has 1 spiro atoms. The molecule has 192 valence electrons. The van der Waals surface area contributed by atoms with Crippen molar-refractivity contribution >= 4 is 29.1 Å². The minimum absolute atomic E-state index is 0.152. The predicted molar refractivity (Wildman–Crippen MR) is 137 cm³/mol. The van der Waals surface area contributed by atoms with Crippen LogP contribution in [0.15, 0.2) is 48.5 Å². The molecule has 2 aliphatic heterocycles. The van der Waals surface area contributed by atoms with Gasteiger partial charge in [0.2, 0.25) is 11.8 Å². The maximum atomic E-state index is 13.2. The highest BCUT2D eigenvalue weighted by atomic mass is 16.5. The van der Waals surface area contributed by atoms with Gasteiger partial charge in [0.15, 0.2) is 5.60 Å². The summed E-state index contributed by atoms with van der Waals surface area (Å²) in [5.74, 6) is 0.399. The lowest BCUT2D eigenvalue weighted by molar-refractivity contribution is -0.163. The molecule has 9 heteroatoms. The number of morpholine rings is 1. The maximum Gasteiger partial charge on any atom is 0.253 e. The largest absolute Gasteiger partial charge is 0.491 e. The van der Waals surface area contributed by atoms with Crippen LogP contribution in [0.4, 0.5) is 11.4 Å². The molecule has 0 bridgehead atoms. The summed E-state index contributed by atoms with van der Waals surface area (Å²) in [6.07, 6.45) is 3.20. The van der Waals surface area contributed by atoms with E-state index in [-0.39, 0.29) is 24.3 Å². The highest BCUT2D eigenvalue weighted by molar-refractivity contribution is 5.93. The van der Waals surface area contributed by atoms with Crippen molar-refractivity contribution in [3.05, 3.63) is 54.1 Å². The molecule has 1 fully saturated rings. The van der Waals surface area contributed by atoms with Crippen LogP contribution in [0, 0.1) is 0 Å². The van der Waals surface area contributed by atoms with Crippen molar-refractivity contribution in [2.45, 2.75) is 38.2 Å². The van der Waals surface area contributed by atoms with Crippen LogP contribution in [0.5, 0.6) is 5.75 Å². The van der Waals surface area contributed by atoms with E-state index in [0.717, 1.165) is 25.0 Å². The first-order valence-corrected chi connectivity index (χ1v) is 12.5. The van der Waals surface area contributed by atoms with E-state index in [2.05, 4.69) is 22.0 Å². The Bertz CT molecular complexity index is 1070. The second-order valence-corrected chi connectivity index (χ2v) is 9.28. The van der Waals surface area contributed by atoms with Gasteiger partial charge in [0.05, 0.1) is 19.7 Å². The SMILES string of the molecule is CC(=O)Nc1ccc(NC(=O)CN2CCOC3(CCCCc4ccccc4OCCNC3=O)C2)cc1. The van der Waals surface area contributed by atoms with E-state index in [4.69, 9.17) is 9.47 Å². The number of ether oxygens (including phenoxy) is 2. The first-order chi connectivity index (χ1) is 17.4. The van der Waals surface area contributed by atoms with Crippen molar-refractivity contribution in [1.82, 2.24) is 10.2 Å². The maximum absolute atomic E-state index is 13.2. The number of rotatable bonds is 4. The molecule has 2 heterocycles. The number of nitrogens with one attached hydrogen (secondary N) is 3. The van der Waals surface area contributed by atoms with Gasteiger partial charge in [-0.2, -0.15) is 0 Å². The molecule has 1 unspecified atom stereocenters. The number of hydrogen-bond acceptors (Lipinski definition) is 6. The summed E-state index contributed by atoms with van der Waals surface area (Å²) in [6, 6.07) is 15.0. The quantitative estimate of drug-likeness (QED) is 0.603. The Hall–Kier alpha value is -3.43. The van der Waals surface area contributed by atoms with E-state index >= 15 is 0 Å². The monoisotopic (exact) mass is 494 g/mol. The van der Waals surface area contributed by atoms with Crippen LogP contribution in [-0.2, 0) is 25.5 Å². The molecule has 2 aliphatic rings. The molecule has 2 aromatic carbocycles. The van der Waals surface area contributed by atoms with E-state index in [1.807, 2.05) is 23.1 Å². The zero-order valence-corrected chi connectivity index (χ0v) is 20.7. The third kappa shape index (κ3) is 6.83. The summed E-state index contributed by atoms with van der Waals surface area (Å²) in [4.78, 5) is 39.1. The van der Waals surface area contributed by atoms with Crippen molar-refractivity contribution in [3.8, 4) is 5.75 Å². The fraction of sp³-hybridized carbons (Fsp3) is 0.444. The summed E-state index contributed by atoms with van der Waals surface area (Å²) in [6.45, 7) is 3.67. The second-order valence-electron chi connectivity index (χ2n) is 9.28. The van der Waals surface area contributed by atoms with Gasteiger partial charge in [-0.25, -0.2) is 0 Å². The molecule has 36 heavy (non-hydrogen) atoms. The van der Waals surface area contributed by atoms with Gasteiger partial charge < -0.3 is 25.4 Å². The van der Waals surface area contributed by atoms with E-state index in [1.165, 1.54) is 12.5 Å². The van der Waals surface area contributed by atoms with E-state index in [1.54, 1.807) is 24.3 Å². The molecule has 3 amide bonds. The van der Waals surface area contributed by atoms with Crippen LogP contribution < -0.4 is 20.7 Å². The van der Waals surface area contributed by atoms with Crippen molar-refractivity contribution in [1.29, 1.82) is 0 Å². The topological polar surface area (TPSA) is 109 Å². The minimum Gasteiger partial charge on any atom is -0.491 e. The Balaban J connectivity index is 1.36. The van der Waals surface area contributed by atoms with Gasteiger partial charge in [0.25, 0.3) is 5.91 Å². The van der Waals surface area contributed by atoms with Gasteiger partial charge in [-0.3, -0.25) is 19.3 Å².